The van der Waals surface area contributed by atoms with E-state index in [0.29, 0.717) is 0 Å². The largest absolute Gasteiger partial charge is 1.00 e. The van der Waals surface area contributed by atoms with Gasteiger partial charge in [-0.15, -0.1) is 0 Å². The molecule has 0 bridgehead atoms. The van der Waals surface area contributed by atoms with Crippen molar-refractivity contribution in [2.24, 2.45) is 0 Å². The summed E-state index contributed by atoms with van der Waals surface area (Å²) in [5.41, 5.74) is 0. The molecule has 0 aromatic heterocycles. The van der Waals surface area contributed by atoms with Crippen LogP contribution in [0, 0.1) is 0 Å². The third-order valence-corrected chi connectivity index (χ3v) is 0. The first-order valence-electron chi connectivity index (χ1n) is 1.14. The maximum atomic E-state index is 4.97. The van der Waals surface area contributed by atoms with Crippen molar-refractivity contribution in [2.75, 3.05) is 0 Å². The van der Waals surface area contributed by atoms with Gasteiger partial charge in [0, 0.05) is 0 Å². The van der Waals surface area contributed by atoms with Gasteiger partial charge in [-0.25, -0.2) is 0 Å². The van der Waals surface area contributed by atoms with Crippen LogP contribution >= 0.6 is 80.8 Å². The molecule has 0 aliphatic rings. The Labute approximate surface area is 195 Å². The molecule has 0 unspecified atom stereocenters. The van der Waals surface area contributed by atoms with E-state index < -0.39 is 18.4 Å². The molecule has 0 fully saturated rings. The average molecular weight is 472 g/mol. The summed E-state index contributed by atoms with van der Waals surface area (Å²) < 4.78 is 0. The van der Waals surface area contributed by atoms with E-state index in [1.165, 1.54) is 0 Å². The molecule has 0 saturated carbocycles. The van der Waals surface area contributed by atoms with Crippen LogP contribution in [0.3, 0.4) is 0 Å². The Hall–Kier alpha value is 6.63. The van der Waals surface area contributed by atoms with Gasteiger partial charge in [0.15, 0.2) is 0 Å². The van der Waals surface area contributed by atoms with E-state index in [4.69, 9.17) is 80.8 Å². The van der Waals surface area contributed by atoms with Crippen molar-refractivity contribution in [3.05, 3.63) is 0 Å². The molecule has 0 heterocycles. The first-order chi connectivity index (χ1) is 4.00. The van der Waals surface area contributed by atoms with Gasteiger partial charge in [-0.3, -0.25) is 0 Å². The molecule has 0 saturated heterocycles. The molecule has 12 heteroatoms. The zero-order chi connectivity index (χ0) is 9.00. The fourth-order valence-electron chi connectivity index (χ4n) is 0. The van der Waals surface area contributed by atoms with E-state index in [9.17, 15) is 0 Å². The molecular weight excluding hydrogens is 472 g/mol. The van der Waals surface area contributed by atoms with Crippen LogP contribution in [-0.4, -0.2) is 0 Å². The van der Waals surface area contributed by atoms with Gasteiger partial charge in [0.2, 0.25) is 0 Å². The summed E-state index contributed by atoms with van der Waals surface area (Å²) in [7, 11) is 34.3. The molecule has 0 atom stereocenters. The third-order valence-electron chi connectivity index (χ3n) is 0. The zero-order valence-electron chi connectivity index (χ0n) is 5.78. The van der Waals surface area contributed by atoms with Crippen molar-refractivity contribution >= 4 is 80.8 Å². The predicted molar refractivity (Wildman–Crippen MR) is 46.8 cm³/mol. The fraction of sp³-hybridized carbons (Fsp3) is 0. The molecule has 0 nitrogen and oxygen atoms in total. The van der Waals surface area contributed by atoms with Gasteiger partial charge in [0.25, 0.3) is 0 Å². The van der Waals surface area contributed by atoms with Crippen LogP contribution in [0.5, 0.6) is 0 Å². The van der Waals surface area contributed by atoms with Crippen molar-refractivity contribution < 1.29 is 121 Å². The SMILES string of the molecule is [Cl][Mn-]([Cl])([Cl])[Cl].[Cl][Mn-]([Cl])([Cl])[Cl].[K+].[K+]. The van der Waals surface area contributed by atoms with E-state index in [2.05, 4.69) is 0 Å². The quantitative estimate of drug-likeness (QED) is 0.419. The van der Waals surface area contributed by atoms with Crippen LogP contribution in [-0.2, 0) is 18.4 Å². The van der Waals surface area contributed by atoms with E-state index >= 15 is 0 Å². The van der Waals surface area contributed by atoms with Crippen LogP contribution in [0.15, 0.2) is 0 Å². The van der Waals surface area contributed by atoms with Crippen molar-refractivity contribution in [1.29, 1.82) is 0 Å². The number of halogens is 8. The van der Waals surface area contributed by atoms with Crippen LogP contribution in [0.25, 0.3) is 0 Å². The maximum Gasteiger partial charge on any atom is 1.00 e. The summed E-state index contributed by atoms with van der Waals surface area (Å²) >= 11 is 0. The minimum Gasteiger partial charge on any atom is 1.00 e. The number of hydrogen-bond acceptors (Lipinski definition) is 0. The fourth-order valence-corrected chi connectivity index (χ4v) is 0. The topological polar surface area (TPSA) is 0 Å². The summed E-state index contributed by atoms with van der Waals surface area (Å²) in [4.78, 5) is 0. The molecule has 0 N–H and O–H groups in total. The van der Waals surface area contributed by atoms with Gasteiger partial charge in [-0.05, 0) is 0 Å². The molecule has 0 aromatic carbocycles. The molecule has 12 heavy (non-hydrogen) atoms. The Morgan fingerprint density at radius 3 is 0.417 bits per heavy atom. The van der Waals surface area contributed by atoms with Crippen LogP contribution in [0.2, 0.25) is 0 Å². The van der Waals surface area contributed by atoms with Gasteiger partial charge in [0.1, 0.15) is 0 Å². The van der Waals surface area contributed by atoms with Gasteiger partial charge < -0.3 is 0 Å². The monoisotopic (exact) mass is 468 g/mol. The summed E-state index contributed by atoms with van der Waals surface area (Å²) in [6.45, 7) is 0. The van der Waals surface area contributed by atoms with Crippen LogP contribution < -0.4 is 103 Å². The standard InChI is InChI=1S/8ClH.2K.2Mn/h8*1H;;;;/q;;;;;;;;2*+1;2*+3/p-8. The average Bonchev–Trinajstić information content (AvgIpc) is 1.12. The molecule has 0 aliphatic carbocycles. The Balaban J connectivity index is -0.0000000457. The second-order valence-corrected chi connectivity index (χ2v) is 24.0. The smallest absolute Gasteiger partial charge is 1.00 e. The van der Waals surface area contributed by atoms with E-state index in [1.54, 1.807) is 0 Å². The van der Waals surface area contributed by atoms with Gasteiger partial charge in [-0.1, -0.05) is 0 Å². The maximum absolute atomic E-state index is 4.97. The Kier molecular flexibility index (Phi) is 31.7. The molecular formula is Cl8K2Mn2. The Morgan fingerprint density at radius 2 is 0.417 bits per heavy atom. The van der Waals surface area contributed by atoms with Crippen molar-refractivity contribution in [2.45, 2.75) is 0 Å². The molecule has 0 radical (unpaired) electrons. The molecule has 0 aromatic rings. The summed E-state index contributed by atoms with van der Waals surface area (Å²) in [5, 5.41) is 0. The molecule has 0 rings (SSSR count). The molecule has 0 aliphatic heterocycles. The Morgan fingerprint density at radius 1 is 0.417 bits per heavy atom. The predicted octanol–water partition coefficient (Wildman–Crippen LogP) is -0.481. The van der Waals surface area contributed by atoms with E-state index in [1.807, 2.05) is 0 Å². The molecule has 72 valence electrons. The minimum atomic E-state index is -2.74. The van der Waals surface area contributed by atoms with E-state index in [-0.39, 0.29) is 103 Å². The van der Waals surface area contributed by atoms with Crippen LogP contribution in [0.4, 0.5) is 0 Å². The van der Waals surface area contributed by atoms with Crippen molar-refractivity contribution in [3.63, 3.8) is 0 Å². The number of rotatable bonds is 0. The molecule has 0 amide bonds. The number of hydrogen-bond donors (Lipinski definition) is 0. The summed E-state index contributed by atoms with van der Waals surface area (Å²) in [5.74, 6) is 0. The second-order valence-electron chi connectivity index (χ2n) is 0.648. The molecule has 0 spiro atoms. The normalized spacial score (nSPS) is 12.7. The second kappa shape index (κ2) is 14.0. The first-order valence-corrected chi connectivity index (χ1v) is 14.1. The minimum absolute atomic E-state index is 0. The van der Waals surface area contributed by atoms with Crippen molar-refractivity contribution in [3.8, 4) is 0 Å². The van der Waals surface area contributed by atoms with Crippen molar-refractivity contribution in [1.82, 2.24) is 0 Å². The first kappa shape index (κ1) is 27.1. The van der Waals surface area contributed by atoms with Crippen LogP contribution in [0.1, 0.15) is 0 Å². The summed E-state index contributed by atoms with van der Waals surface area (Å²) in [6.07, 6.45) is 0. The van der Waals surface area contributed by atoms with Gasteiger partial charge in [-0.2, -0.15) is 0 Å². The van der Waals surface area contributed by atoms with Gasteiger partial charge >= 0.3 is 202 Å². The van der Waals surface area contributed by atoms with E-state index in [0.717, 1.165) is 0 Å². The zero-order valence-corrected chi connectivity index (χ0v) is 20.4. The summed E-state index contributed by atoms with van der Waals surface area (Å²) in [6, 6.07) is 0. The van der Waals surface area contributed by atoms with Gasteiger partial charge in [0.05, 0.1) is 0 Å². The Bertz CT molecular complexity index is 58.0. The third kappa shape index (κ3) is 92.4.